The Balaban J connectivity index is 3.35. The fourth-order valence-corrected chi connectivity index (χ4v) is 2.74. The second kappa shape index (κ2) is 4.24. The van der Waals surface area contributed by atoms with Gasteiger partial charge in [0, 0.05) is 16.8 Å². The molecule has 13 heavy (non-hydrogen) atoms. The molecule has 0 aromatic carbocycles. The van der Waals surface area contributed by atoms with Gasteiger partial charge in [0.25, 0.3) is 0 Å². The minimum atomic E-state index is -0.987. The normalized spacial score (nSPS) is 12.9. The molecule has 0 aliphatic carbocycles. The summed E-state index contributed by atoms with van der Waals surface area (Å²) in [6.45, 7) is 3.89. The van der Waals surface area contributed by atoms with E-state index >= 15 is 0 Å². The predicted molar refractivity (Wildman–Crippen MR) is 57.8 cm³/mol. The first-order chi connectivity index (χ1) is 6.06. The van der Waals surface area contributed by atoms with Crippen molar-refractivity contribution >= 4 is 22.6 Å². The molecule has 0 fully saturated rings. The molecule has 0 aliphatic heterocycles. The zero-order valence-corrected chi connectivity index (χ0v) is 9.88. The molecule has 72 valence electrons. The van der Waals surface area contributed by atoms with Crippen LogP contribution in [0, 0.1) is 13.8 Å². The fraction of sp³-hybridized carbons (Fsp3) is 0.444. The summed E-state index contributed by atoms with van der Waals surface area (Å²) < 4.78 is 11.3. The third-order valence-corrected chi connectivity index (χ3v) is 3.61. The first-order valence-corrected chi connectivity index (χ1v) is 6.70. The number of nitrogens with zero attached hydrogens (tertiary/aromatic N) is 1. The zero-order chi connectivity index (χ0) is 10.0. The first kappa shape index (κ1) is 10.7. The summed E-state index contributed by atoms with van der Waals surface area (Å²) in [5.74, 6) is 0. The largest absolute Gasteiger partial charge is 0.253 e. The van der Waals surface area contributed by atoms with Crippen LogP contribution in [0.2, 0.25) is 0 Å². The Morgan fingerprint density at radius 3 is 2.54 bits per heavy atom. The summed E-state index contributed by atoms with van der Waals surface area (Å²) in [6, 6.07) is 2.02. The monoisotopic (exact) mass is 215 g/mol. The highest BCUT2D eigenvalue weighted by molar-refractivity contribution is 7.98. The molecule has 1 heterocycles. The molecule has 4 heteroatoms. The second-order valence-electron chi connectivity index (χ2n) is 2.85. The number of hydrogen-bond donors (Lipinski definition) is 0. The Morgan fingerprint density at radius 1 is 1.46 bits per heavy atom. The van der Waals surface area contributed by atoms with Gasteiger partial charge in [0.2, 0.25) is 0 Å². The van der Waals surface area contributed by atoms with Crippen LogP contribution in [0.25, 0.3) is 0 Å². The van der Waals surface area contributed by atoms with Crippen molar-refractivity contribution in [3.63, 3.8) is 0 Å². The van der Waals surface area contributed by atoms with Crippen LogP contribution in [0.3, 0.4) is 0 Å². The molecule has 1 atom stereocenters. The van der Waals surface area contributed by atoms with Crippen molar-refractivity contribution in [1.29, 1.82) is 0 Å². The van der Waals surface area contributed by atoms with Gasteiger partial charge < -0.3 is 0 Å². The van der Waals surface area contributed by atoms with Crippen molar-refractivity contribution < 1.29 is 4.21 Å². The average molecular weight is 215 g/mol. The molecule has 2 nitrogen and oxygen atoms in total. The molecule has 0 radical (unpaired) electrons. The molecular formula is C9H13NOS2. The molecule has 0 bridgehead atoms. The lowest BCUT2D eigenvalue weighted by Crippen LogP contribution is -1.99. The quantitative estimate of drug-likeness (QED) is 0.708. The number of pyridine rings is 1. The molecule has 1 aromatic rings. The SMILES string of the molecule is CSc1cc(C)nc(S(C)=O)c1C. The van der Waals surface area contributed by atoms with Gasteiger partial charge in [-0.1, -0.05) is 0 Å². The van der Waals surface area contributed by atoms with Gasteiger partial charge in [-0.05, 0) is 31.7 Å². The molecule has 0 amide bonds. The van der Waals surface area contributed by atoms with Gasteiger partial charge >= 0.3 is 0 Å². The third kappa shape index (κ3) is 2.31. The zero-order valence-electron chi connectivity index (χ0n) is 8.25. The van der Waals surface area contributed by atoms with Crippen LogP contribution >= 0.6 is 11.8 Å². The third-order valence-electron chi connectivity index (χ3n) is 1.80. The molecule has 0 aliphatic rings. The summed E-state index contributed by atoms with van der Waals surface area (Å²) in [7, 11) is -0.987. The first-order valence-electron chi connectivity index (χ1n) is 3.92. The highest BCUT2D eigenvalue weighted by Gasteiger charge is 2.09. The van der Waals surface area contributed by atoms with Crippen LogP contribution < -0.4 is 0 Å². The second-order valence-corrected chi connectivity index (χ2v) is 4.99. The fourth-order valence-electron chi connectivity index (χ4n) is 1.17. The van der Waals surface area contributed by atoms with E-state index in [0.717, 1.165) is 16.2 Å². The standard InChI is InChI=1S/C9H13NOS2/c1-6-5-8(12-3)7(2)9(10-6)13(4)11/h5H,1-4H3. The minimum Gasteiger partial charge on any atom is -0.253 e. The Kier molecular flexibility index (Phi) is 3.50. The highest BCUT2D eigenvalue weighted by atomic mass is 32.2. The topological polar surface area (TPSA) is 30.0 Å². The lowest BCUT2D eigenvalue weighted by atomic mass is 10.3. The summed E-state index contributed by atoms with van der Waals surface area (Å²) in [4.78, 5) is 5.43. The maximum Gasteiger partial charge on any atom is 0.131 e. The van der Waals surface area contributed by atoms with Crippen molar-refractivity contribution in [3.8, 4) is 0 Å². The van der Waals surface area contributed by atoms with Gasteiger partial charge in [-0.3, -0.25) is 4.21 Å². The maximum atomic E-state index is 11.3. The molecule has 0 spiro atoms. The number of thioether (sulfide) groups is 1. The molecule has 1 unspecified atom stereocenters. The lowest BCUT2D eigenvalue weighted by Gasteiger charge is -2.07. The highest BCUT2D eigenvalue weighted by Crippen LogP contribution is 2.23. The molecule has 1 aromatic heterocycles. The van der Waals surface area contributed by atoms with Crippen LogP contribution in [0.1, 0.15) is 11.3 Å². The van der Waals surface area contributed by atoms with Crippen LogP contribution in [-0.4, -0.2) is 21.7 Å². The van der Waals surface area contributed by atoms with E-state index in [1.54, 1.807) is 18.0 Å². The van der Waals surface area contributed by atoms with Crippen LogP contribution in [0.4, 0.5) is 0 Å². The molecule has 0 saturated heterocycles. The van der Waals surface area contributed by atoms with E-state index in [9.17, 15) is 4.21 Å². The van der Waals surface area contributed by atoms with E-state index in [0.29, 0.717) is 5.03 Å². The summed E-state index contributed by atoms with van der Waals surface area (Å²) in [5.41, 5.74) is 1.97. The smallest absolute Gasteiger partial charge is 0.131 e. The summed E-state index contributed by atoms with van der Waals surface area (Å²) in [6.07, 6.45) is 3.68. The number of hydrogen-bond acceptors (Lipinski definition) is 3. The number of aryl methyl sites for hydroxylation is 1. The average Bonchev–Trinajstić information content (AvgIpc) is 2.08. The van der Waals surface area contributed by atoms with Gasteiger partial charge in [-0.2, -0.15) is 0 Å². The summed E-state index contributed by atoms with van der Waals surface area (Å²) >= 11 is 1.67. The minimum absolute atomic E-state index is 0.712. The predicted octanol–water partition coefficient (Wildman–Crippen LogP) is 2.16. The van der Waals surface area contributed by atoms with E-state index in [2.05, 4.69) is 4.98 Å². The van der Waals surface area contributed by atoms with Crippen molar-refractivity contribution in [2.24, 2.45) is 0 Å². The Hall–Kier alpha value is -0.350. The van der Waals surface area contributed by atoms with E-state index in [-0.39, 0.29) is 0 Å². The Morgan fingerprint density at radius 2 is 2.08 bits per heavy atom. The lowest BCUT2D eigenvalue weighted by molar-refractivity contribution is 0.682. The molecular weight excluding hydrogens is 202 g/mol. The van der Waals surface area contributed by atoms with E-state index < -0.39 is 10.8 Å². The van der Waals surface area contributed by atoms with Crippen molar-refractivity contribution in [3.05, 3.63) is 17.3 Å². The molecule has 1 rings (SSSR count). The molecule has 0 N–H and O–H groups in total. The number of rotatable bonds is 2. The van der Waals surface area contributed by atoms with E-state index in [1.165, 1.54) is 0 Å². The van der Waals surface area contributed by atoms with Crippen molar-refractivity contribution in [2.45, 2.75) is 23.8 Å². The van der Waals surface area contributed by atoms with Gasteiger partial charge in [-0.15, -0.1) is 11.8 Å². The van der Waals surface area contributed by atoms with Crippen molar-refractivity contribution in [1.82, 2.24) is 4.98 Å². The summed E-state index contributed by atoms with van der Waals surface area (Å²) in [5, 5.41) is 0.712. The van der Waals surface area contributed by atoms with E-state index in [1.807, 2.05) is 26.2 Å². The Bertz CT molecular complexity index is 350. The van der Waals surface area contributed by atoms with Crippen molar-refractivity contribution in [2.75, 3.05) is 12.5 Å². The Labute approximate surface area is 85.6 Å². The van der Waals surface area contributed by atoms with Crippen LogP contribution in [0.5, 0.6) is 0 Å². The van der Waals surface area contributed by atoms with Gasteiger partial charge in [0.15, 0.2) is 0 Å². The van der Waals surface area contributed by atoms with Gasteiger partial charge in [0.1, 0.15) is 5.03 Å². The molecule has 0 saturated carbocycles. The van der Waals surface area contributed by atoms with Gasteiger partial charge in [0.05, 0.1) is 10.8 Å². The number of aromatic nitrogens is 1. The van der Waals surface area contributed by atoms with Crippen LogP contribution in [0.15, 0.2) is 16.0 Å². The van der Waals surface area contributed by atoms with Crippen LogP contribution in [-0.2, 0) is 10.8 Å². The maximum absolute atomic E-state index is 11.3. The van der Waals surface area contributed by atoms with E-state index in [4.69, 9.17) is 0 Å². The van der Waals surface area contributed by atoms with Gasteiger partial charge in [-0.25, -0.2) is 4.98 Å².